The molecule has 2 nitrogen and oxygen atoms in total. The molecule has 1 aliphatic rings. The van der Waals surface area contributed by atoms with Crippen LogP contribution in [0.15, 0.2) is 60.7 Å². The van der Waals surface area contributed by atoms with Gasteiger partial charge in [-0.3, -0.25) is 0 Å². The van der Waals surface area contributed by atoms with Crippen LogP contribution in [-0.4, -0.2) is 13.2 Å². The molecule has 0 aromatic heterocycles. The molecule has 90 valence electrons. The van der Waals surface area contributed by atoms with Crippen LogP contribution >= 0.6 is 0 Å². The minimum Gasteiger partial charge on any atom is -0.489 e. The lowest BCUT2D eigenvalue weighted by molar-refractivity contribution is 0.346. The molecule has 0 radical (unpaired) electrons. The molecule has 0 amide bonds. The highest BCUT2D eigenvalue weighted by Crippen LogP contribution is 2.36. The molecule has 0 fully saturated rings. The lowest BCUT2D eigenvalue weighted by Crippen LogP contribution is -2.01. The van der Waals surface area contributed by atoms with E-state index in [1.807, 2.05) is 48.6 Å². The Bertz CT molecular complexity index is 521. The van der Waals surface area contributed by atoms with Crippen molar-refractivity contribution in [2.24, 2.45) is 0 Å². The Morgan fingerprint density at radius 3 is 1.56 bits per heavy atom. The van der Waals surface area contributed by atoms with E-state index in [-0.39, 0.29) is 0 Å². The van der Waals surface area contributed by atoms with Crippen molar-refractivity contribution in [3.05, 3.63) is 60.7 Å². The van der Waals surface area contributed by atoms with Crippen LogP contribution in [0.1, 0.15) is 0 Å². The number of rotatable bonds is 0. The Kier molecular flexibility index (Phi) is 3.01. The molecule has 2 aromatic carbocycles. The van der Waals surface area contributed by atoms with E-state index in [0.717, 1.165) is 22.6 Å². The fourth-order valence-electron chi connectivity index (χ4n) is 2.04. The smallest absolute Gasteiger partial charge is 0.127 e. The number of para-hydroxylation sites is 2. The van der Waals surface area contributed by atoms with Gasteiger partial charge in [-0.05, 0) is 24.3 Å². The van der Waals surface area contributed by atoms with Crippen molar-refractivity contribution < 1.29 is 9.47 Å². The summed E-state index contributed by atoms with van der Waals surface area (Å²) >= 11 is 0. The van der Waals surface area contributed by atoms with Gasteiger partial charge in [-0.2, -0.15) is 0 Å². The predicted octanol–water partition coefficient (Wildman–Crippen LogP) is 3.68. The first-order valence-electron chi connectivity index (χ1n) is 6.04. The lowest BCUT2D eigenvalue weighted by atomic mass is 10.0. The van der Waals surface area contributed by atoms with Crippen molar-refractivity contribution in [2.75, 3.05) is 13.2 Å². The Balaban J connectivity index is 2.16. The number of hydrogen-bond acceptors (Lipinski definition) is 2. The van der Waals surface area contributed by atoms with E-state index in [0.29, 0.717) is 13.2 Å². The lowest BCUT2D eigenvalue weighted by Gasteiger charge is -2.15. The molecule has 0 unspecified atom stereocenters. The van der Waals surface area contributed by atoms with Gasteiger partial charge in [-0.25, -0.2) is 0 Å². The SMILES string of the molecule is C1=CCOc2ccccc2-c2ccccc2OC1. The van der Waals surface area contributed by atoms with Crippen molar-refractivity contribution >= 4 is 0 Å². The van der Waals surface area contributed by atoms with Crippen LogP contribution in [0.25, 0.3) is 11.1 Å². The fourth-order valence-corrected chi connectivity index (χ4v) is 2.04. The van der Waals surface area contributed by atoms with Gasteiger partial charge < -0.3 is 9.47 Å². The summed E-state index contributed by atoms with van der Waals surface area (Å²) in [6, 6.07) is 16.1. The molecule has 0 atom stereocenters. The standard InChI is InChI=1S/C16H14O2/c1-3-9-15-13(7-1)14-8-2-4-10-16(14)18-12-6-5-11-17-15/h1-10H,11-12H2. The quantitative estimate of drug-likeness (QED) is 0.652. The summed E-state index contributed by atoms with van der Waals surface area (Å²) in [5, 5.41) is 0. The molecular weight excluding hydrogens is 224 g/mol. The van der Waals surface area contributed by atoms with Gasteiger partial charge in [0.05, 0.1) is 0 Å². The van der Waals surface area contributed by atoms with Crippen molar-refractivity contribution in [3.8, 4) is 22.6 Å². The van der Waals surface area contributed by atoms with E-state index < -0.39 is 0 Å². The second-order valence-corrected chi connectivity index (χ2v) is 4.09. The minimum atomic E-state index is 0.572. The van der Waals surface area contributed by atoms with E-state index in [2.05, 4.69) is 12.1 Å². The summed E-state index contributed by atoms with van der Waals surface area (Å²) in [6.45, 7) is 1.14. The summed E-state index contributed by atoms with van der Waals surface area (Å²) in [5.74, 6) is 1.78. The van der Waals surface area contributed by atoms with Crippen LogP contribution in [-0.2, 0) is 0 Å². The minimum absolute atomic E-state index is 0.572. The second-order valence-electron chi connectivity index (χ2n) is 4.09. The Morgan fingerprint density at radius 1 is 0.611 bits per heavy atom. The summed E-state index contributed by atoms with van der Waals surface area (Å²) < 4.78 is 11.6. The maximum atomic E-state index is 5.78. The molecule has 18 heavy (non-hydrogen) atoms. The first-order valence-corrected chi connectivity index (χ1v) is 6.04. The molecular formula is C16H14O2. The number of ether oxygens (including phenoxy) is 2. The number of benzene rings is 2. The van der Waals surface area contributed by atoms with E-state index in [1.54, 1.807) is 0 Å². The monoisotopic (exact) mass is 238 g/mol. The third kappa shape index (κ3) is 2.09. The summed E-state index contributed by atoms with van der Waals surface area (Å²) in [5.41, 5.74) is 2.15. The van der Waals surface area contributed by atoms with Gasteiger partial charge in [-0.15, -0.1) is 0 Å². The average molecular weight is 238 g/mol. The van der Waals surface area contributed by atoms with Crippen molar-refractivity contribution in [3.63, 3.8) is 0 Å². The normalized spacial score (nSPS) is 13.8. The zero-order chi connectivity index (χ0) is 12.2. The zero-order valence-electron chi connectivity index (χ0n) is 10.0. The summed E-state index contributed by atoms with van der Waals surface area (Å²) in [4.78, 5) is 0. The number of fused-ring (bicyclic) bond motifs is 3. The summed E-state index contributed by atoms with van der Waals surface area (Å²) in [6.07, 6.45) is 3.95. The molecule has 0 bridgehead atoms. The van der Waals surface area contributed by atoms with Crippen molar-refractivity contribution in [1.82, 2.24) is 0 Å². The maximum absolute atomic E-state index is 5.78. The molecule has 0 saturated carbocycles. The van der Waals surface area contributed by atoms with Gasteiger partial charge in [0.25, 0.3) is 0 Å². The molecule has 2 heteroatoms. The highest BCUT2D eigenvalue weighted by molar-refractivity contribution is 5.75. The molecule has 2 aromatic rings. The first-order chi connectivity index (χ1) is 8.95. The Labute approximate surface area is 106 Å². The van der Waals surface area contributed by atoms with Crippen molar-refractivity contribution in [1.29, 1.82) is 0 Å². The molecule has 0 N–H and O–H groups in total. The van der Waals surface area contributed by atoms with E-state index in [9.17, 15) is 0 Å². The third-order valence-electron chi connectivity index (χ3n) is 2.90. The predicted molar refractivity (Wildman–Crippen MR) is 72.0 cm³/mol. The van der Waals surface area contributed by atoms with Crippen LogP contribution in [0.3, 0.4) is 0 Å². The van der Waals surface area contributed by atoms with Crippen LogP contribution in [0.4, 0.5) is 0 Å². The zero-order valence-corrected chi connectivity index (χ0v) is 10.0. The molecule has 3 rings (SSSR count). The highest BCUT2D eigenvalue weighted by Gasteiger charge is 2.11. The van der Waals surface area contributed by atoms with Crippen LogP contribution in [0, 0.1) is 0 Å². The van der Waals surface area contributed by atoms with Gasteiger partial charge in [0.2, 0.25) is 0 Å². The molecule has 1 aliphatic heterocycles. The van der Waals surface area contributed by atoms with E-state index in [4.69, 9.17) is 9.47 Å². The van der Waals surface area contributed by atoms with E-state index in [1.165, 1.54) is 0 Å². The molecule has 0 aliphatic carbocycles. The third-order valence-corrected chi connectivity index (χ3v) is 2.90. The van der Waals surface area contributed by atoms with Crippen molar-refractivity contribution in [2.45, 2.75) is 0 Å². The van der Waals surface area contributed by atoms with E-state index >= 15 is 0 Å². The van der Waals surface area contributed by atoms with Crippen LogP contribution in [0.5, 0.6) is 11.5 Å². The fraction of sp³-hybridized carbons (Fsp3) is 0.125. The Hall–Kier alpha value is -2.22. The average Bonchev–Trinajstić information content (AvgIpc) is 2.44. The first kappa shape index (κ1) is 10.9. The van der Waals surface area contributed by atoms with Gasteiger partial charge in [-0.1, -0.05) is 36.4 Å². The second kappa shape index (κ2) is 4.96. The van der Waals surface area contributed by atoms with Crippen LogP contribution in [0.2, 0.25) is 0 Å². The topological polar surface area (TPSA) is 18.5 Å². The van der Waals surface area contributed by atoms with Crippen LogP contribution < -0.4 is 9.47 Å². The Morgan fingerprint density at radius 2 is 1.06 bits per heavy atom. The van der Waals surface area contributed by atoms with Gasteiger partial charge >= 0.3 is 0 Å². The van der Waals surface area contributed by atoms with Gasteiger partial charge in [0, 0.05) is 11.1 Å². The van der Waals surface area contributed by atoms with Gasteiger partial charge in [0.15, 0.2) is 0 Å². The molecule has 0 saturated heterocycles. The van der Waals surface area contributed by atoms with Gasteiger partial charge in [0.1, 0.15) is 24.7 Å². The molecule has 0 spiro atoms. The largest absolute Gasteiger partial charge is 0.489 e. The maximum Gasteiger partial charge on any atom is 0.127 e. The number of hydrogen-bond donors (Lipinski definition) is 0. The molecule has 1 heterocycles. The summed E-state index contributed by atoms with van der Waals surface area (Å²) in [7, 11) is 0. The highest BCUT2D eigenvalue weighted by atomic mass is 16.5.